The lowest BCUT2D eigenvalue weighted by Crippen LogP contribution is -2.26. The van der Waals surface area contributed by atoms with Crippen molar-refractivity contribution in [2.75, 3.05) is 19.2 Å². The predicted octanol–water partition coefficient (Wildman–Crippen LogP) is 3.90. The van der Waals surface area contributed by atoms with Gasteiger partial charge in [0.25, 0.3) is 0 Å². The number of rotatable bonds is 5. The van der Waals surface area contributed by atoms with Gasteiger partial charge in [0.05, 0.1) is 19.0 Å². The Morgan fingerprint density at radius 1 is 1.17 bits per heavy atom. The lowest BCUT2D eigenvalue weighted by atomic mass is 9.95. The molecule has 0 amide bonds. The average Bonchev–Trinajstić information content (AvgIpc) is 3.31. The molecule has 0 spiro atoms. The van der Waals surface area contributed by atoms with Crippen LogP contribution in [0.1, 0.15) is 44.6 Å². The van der Waals surface area contributed by atoms with E-state index in [-0.39, 0.29) is 6.10 Å². The molecule has 1 aliphatic carbocycles. The first-order valence-corrected chi connectivity index (χ1v) is 9.71. The first-order valence-electron chi connectivity index (χ1n) is 8.73. The van der Waals surface area contributed by atoms with Gasteiger partial charge in [0, 0.05) is 11.8 Å². The zero-order valence-electron chi connectivity index (χ0n) is 13.7. The van der Waals surface area contributed by atoms with Crippen LogP contribution in [0.4, 0.5) is 0 Å². The molecule has 4 rings (SSSR count). The minimum absolute atomic E-state index is 0.229. The predicted molar refractivity (Wildman–Crippen MR) is 90.9 cm³/mol. The van der Waals surface area contributed by atoms with E-state index in [1.807, 2.05) is 12.1 Å². The molecule has 3 heterocycles. The highest BCUT2D eigenvalue weighted by Gasteiger charge is 2.26. The van der Waals surface area contributed by atoms with Crippen LogP contribution in [-0.2, 0) is 9.47 Å². The highest BCUT2D eigenvalue weighted by Crippen LogP contribution is 2.36. The summed E-state index contributed by atoms with van der Waals surface area (Å²) >= 11 is 1.73. The van der Waals surface area contributed by atoms with Crippen molar-refractivity contribution in [1.29, 1.82) is 0 Å². The van der Waals surface area contributed by atoms with Crippen molar-refractivity contribution in [3.8, 4) is 11.6 Å². The zero-order valence-corrected chi connectivity index (χ0v) is 14.5. The fraction of sp³-hybridized carbons (Fsp3) is 0.647. The maximum absolute atomic E-state index is 5.65. The van der Waals surface area contributed by atoms with Crippen molar-refractivity contribution >= 4 is 11.8 Å². The minimum Gasteiger partial charge on any atom is -0.461 e. The van der Waals surface area contributed by atoms with E-state index in [2.05, 4.69) is 14.8 Å². The van der Waals surface area contributed by atoms with Crippen molar-refractivity contribution in [3.63, 3.8) is 0 Å². The summed E-state index contributed by atoms with van der Waals surface area (Å²) in [5, 5.41) is 9.87. The summed E-state index contributed by atoms with van der Waals surface area (Å²) in [5.74, 6) is 2.52. The van der Waals surface area contributed by atoms with E-state index in [0.717, 1.165) is 35.5 Å². The SMILES string of the molecule is c1coc(-c2nnc(SCC3CCOCO3)n2C2CCCCC2)c1. The van der Waals surface area contributed by atoms with Gasteiger partial charge in [-0.25, -0.2) is 0 Å². The molecule has 2 aliphatic rings. The molecule has 1 saturated carbocycles. The molecular formula is C17H23N3O3S. The fourth-order valence-corrected chi connectivity index (χ4v) is 4.49. The summed E-state index contributed by atoms with van der Waals surface area (Å²) in [7, 11) is 0. The molecule has 0 radical (unpaired) electrons. The van der Waals surface area contributed by atoms with Gasteiger partial charge in [0.1, 0.15) is 6.79 Å². The van der Waals surface area contributed by atoms with Gasteiger partial charge in [-0.3, -0.25) is 4.57 Å². The van der Waals surface area contributed by atoms with Crippen molar-refractivity contribution in [2.45, 2.75) is 55.8 Å². The highest BCUT2D eigenvalue weighted by atomic mass is 32.2. The second-order valence-electron chi connectivity index (χ2n) is 6.36. The second-order valence-corrected chi connectivity index (χ2v) is 7.35. The Bertz CT molecular complexity index is 632. The lowest BCUT2D eigenvalue weighted by molar-refractivity contribution is -0.130. The summed E-state index contributed by atoms with van der Waals surface area (Å²) in [6.07, 6.45) is 9.11. The molecule has 2 aromatic heterocycles. The number of ether oxygens (including phenoxy) is 2. The van der Waals surface area contributed by atoms with Gasteiger partial charge in [-0.1, -0.05) is 31.0 Å². The number of thioether (sulfide) groups is 1. The monoisotopic (exact) mass is 349 g/mol. The molecule has 2 aromatic rings. The van der Waals surface area contributed by atoms with E-state index >= 15 is 0 Å². The third-order valence-electron chi connectivity index (χ3n) is 4.72. The molecule has 0 bridgehead atoms. The van der Waals surface area contributed by atoms with Crippen LogP contribution in [-0.4, -0.2) is 40.0 Å². The van der Waals surface area contributed by atoms with Crippen LogP contribution in [0.25, 0.3) is 11.6 Å². The van der Waals surface area contributed by atoms with E-state index < -0.39 is 0 Å². The van der Waals surface area contributed by atoms with Crippen LogP contribution < -0.4 is 0 Å². The van der Waals surface area contributed by atoms with Gasteiger partial charge >= 0.3 is 0 Å². The van der Waals surface area contributed by atoms with Gasteiger partial charge in [-0.05, 0) is 31.4 Å². The Balaban J connectivity index is 1.56. The molecule has 1 aliphatic heterocycles. The highest BCUT2D eigenvalue weighted by molar-refractivity contribution is 7.99. The van der Waals surface area contributed by atoms with Crippen LogP contribution >= 0.6 is 11.8 Å². The number of aromatic nitrogens is 3. The Hall–Kier alpha value is -1.31. The molecule has 130 valence electrons. The smallest absolute Gasteiger partial charge is 0.200 e. The maximum Gasteiger partial charge on any atom is 0.200 e. The Kier molecular flexibility index (Phi) is 5.20. The standard InChI is InChI=1S/C17H23N3O3S/c1-2-5-13(6-3-1)20-16(15-7-4-9-22-15)18-19-17(20)24-11-14-8-10-21-12-23-14/h4,7,9,13-14H,1-3,5-6,8,10-12H2. The van der Waals surface area contributed by atoms with E-state index in [1.165, 1.54) is 32.1 Å². The average molecular weight is 349 g/mol. The number of furan rings is 1. The fourth-order valence-electron chi connectivity index (χ4n) is 3.42. The van der Waals surface area contributed by atoms with Crippen LogP contribution in [0.3, 0.4) is 0 Å². The summed E-state index contributed by atoms with van der Waals surface area (Å²) in [5.41, 5.74) is 0. The summed E-state index contributed by atoms with van der Waals surface area (Å²) in [6, 6.07) is 4.32. The third-order valence-corrected chi connectivity index (χ3v) is 5.79. The normalized spacial score (nSPS) is 22.8. The molecular weight excluding hydrogens is 326 g/mol. The molecule has 1 atom stereocenters. The Labute approximate surface area is 145 Å². The molecule has 1 unspecified atom stereocenters. The van der Waals surface area contributed by atoms with Gasteiger partial charge in [0.2, 0.25) is 5.82 Å². The summed E-state index contributed by atoms with van der Waals surface area (Å²) in [6.45, 7) is 1.18. The third kappa shape index (κ3) is 3.53. The first kappa shape index (κ1) is 16.2. The largest absolute Gasteiger partial charge is 0.461 e. The van der Waals surface area contributed by atoms with Crippen LogP contribution in [0.2, 0.25) is 0 Å². The van der Waals surface area contributed by atoms with Gasteiger partial charge in [0.15, 0.2) is 10.9 Å². The molecule has 6 nitrogen and oxygen atoms in total. The number of hydrogen-bond acceptors (Lipinski definition) is 6. The number of nitrogens with zero attached hydrogens (tertiary/aromatic N) is 3. The topological polar surface area (TPSA) is 62.3 Å². The van der Waals surface area contributed by atoms with E-state index in [1.54, 1.807) is 18.0 Å². The summed E-state index contributed by atoms with van der Waals surface area (Å²) in [4.78, 5) is 0. The Morgan fingerprint density at radius 2 is 2.08 bits per heavy atom. The van der Waals surface area contributed by atoms with E-state index in [4.69, 9.17) is 13.9 Å². The van der Waals surface area contributed by atoms with Crippen LogP contribution in [0, 0.1) is 0 Å². The summed E-state index contributed by atoms with van der Waals surface area (Å²) < 4.78 is 18.8. The molecule has 1 saturated heterocycles. The van der Waals surface area contributed by atoms with Crippen molar-refractivity contribution in [1.82, 2.24) is 14.8 Å². The van der Waals surface area contributed by atoms with Crippen LogP contribution in [0.5, 0.6) is 0 Å². The molecule has 0 N–H and O–H groups in total. The van der Waals surface area contributed by atoms with Gasteiger partial charge < -0.3 is 13.9 Å². The lowest BCUT2D eigenvalue weighted by Gasteiger charge is -2.26. The van der Waals surface area contributed by atoms with Crippen molar-refractivity contribution in [2.24, 2.45) is 0 Å². The molecule has 2 fully saturated rings. The second kappa shape index (κ2) is 7.72. The van der Waals surface area contributed by atoms with Gasteiger partial charge in [-0.2, -0.15) is 0 Å². The van der Waals surface area contributed by atoms with E-state index in [0.29, 0.717) is 12.8 Å². The minimum atomic E-state index is 0.229. The van der Waals surface area contributed by atoms with E-state index in [9.17, 15) is 0 Å². The number of hydrogen-bond donors (Lipinski definition) is 0. The molecule has 0 aromatic carbocycles. The Morgan fingerprint density at radius 3 is 2.83 bits per heavy atom. The van der Waals surface area contributed by atoms with Crippen molar-refractivity contribution in [3.05, 3.63) is 18.4 Å². The molecule has 24 heavy (non-hydrogen) atoms. The molecule has 7 heteroatoms. The van der Waals surface area contributed by atoms with Crippen molar-refractivity contribution < 1.29 is 13.9 Å². The quantitative estimate of drug-likeness (QED) is 0.763. The zero-order chi connectivity index (χ0) is 16.2. The van der Waals surface area contributed by atoms with Gasteiger partial charge in [-0.15, -0.1) is 10.2 Å². The first-order chi connectivity index (χ1) is 11.9. The van der Waals surface area contributed by atoms with Crippen LogP contribution in [0.15, 0.2) is 28.0 Å². The maximum atomic E-state index is 5.65.